The summed E-state index contributed by atoms with van der Waals surface area (Å²) in [5.41, 5.74) is 5.71. The molecule has 2 aromatic heterocycles. The molecule has 0 amide bonds. The van der Waals surface area contributed by atoms with Crippen molar-refractivity contribution in [3.63, 3.8) is 0 Å². The molecule has 2 heterocycles. The van der Waals surface area contributed by atoms with Crippen molar-refractivity contribution in [2.75, 3.05) is 5.43 Å². The minimum absolute atomic E-state index is 0.658. The number of hydrogen-bond donors (Lipinski definition) is 1. The number of nitrogens with zero attached hydrogens (tertiary/aromatic N) is 2. The van der Waals surface area contributed by atoms with Crippen LogP contribution in [0.4, 0.5) is 5.69 Å². The van der Waals surface area contributed by atoms with Gasteiger partial charge in [0.25, 0.3) is 0 Å². The van der Waals surface area contributed by atoms with E-state index in [0.717, 1.165) is 27.9 Å². The number of rotatable bonds is 4. The molecule has 122 valence electrons. The first-order valence-corrected chi connectivity index (χ1v) is 8.16. The lowest BCUT2D eigenvalue weighted by molar-refractivity contribution is 0.575. The maximum Gasteiger partial charge on any atom is 0.147 e. The zero-order valence-electron chi connectivity index (χ0n) is 13.2. The normalized spacial score (nSPS) is 11.2. The third-order valence-corrected chi connectivity index (χ3v) is 4.02. The van der Waals surface area contributed by atoms with Crippen LogP contribution in [0.2, 0.25) is 5.02 Å². The van der Waals surface area contributed by atoms with Gasteiger partial charge in [-0.15, -0.1) is 0 Å². The van der Waals surface area contributed by atoms with E-state index in [4.69, 9.17) is 16.0 Å². The average Bonchev–Trinajstić information content (AvgIpc) is 3.11. The van der Waals surface area contributed by atoms with Crippen LogP contribution in [0.3, 0.4) is 0 Å². The Hall–Kier alpha value is -3.11. The molecule has 0 bridgehead atoms. The number of fused-ring (bicyclic) bond motifs is 1. The van der Waals surface area contributed by atoms with Crippen molar-refractivity contribution in [3.05, 3.63) is 83.7 Å². The van der Waals surface area contributed by atoms with E-state index < -0.39 is 0 Å². The first-order chi connectivity index (χ1) is 12.3. The number of benzene rings is 2. The highest BCUT2D eigenvalue weighted by atomic mass is 35.5. The molecular formula is C20H14ClN3O. The van der Waals surface area contributed by atoms with Gasteiger partial charge in [-0.1, -0.05) is 29.8 Å². The van der Waals surface area contributed by atoms with Crippen molar-refractivity contribution in [1.29, 1.82) is 0 Å². The Bertz CT molecular complexity index is 1030. The highest BCUT2D eigenvalue weighted by Crippen LogP contribution is 2.23. The molecule has 0 saturated carbocycles. The molecular weight excluding hydrogens is 334 g/mol. The van der Waals surface area contributed by atoms with E-state index in [-0.39, 0.29) is 0 Å². The second kappa shape index (κ2) is 6.79. The largest absolute Gasteiger partial charge is 0.455 e. The van der Waals surface area contributed by atoms with Gasteiger partial charge in [0.1, 0.15) is 11.5 Å². The Morgan fingerprint density at radius 2 is 1.80 bits per heavy atom. The van der Waals surface area contributed by atoms with Crippen LogP contribution < -0.4 is 5.43 Å². The van der Waals surface area contributed by atoms with Gasteiger partial charge in [-0.25, -0.2) is 0 Å². The predicted octanol–water partition coefficient (Wildman–Crippen LogP) is 5.59. The van der Waals surface area contributed by atoms with Crippen molar-refractivity contribution in [2.24, 2.45) is 5.10 Å². The number of pyridine rings is 1. The fraction of sp³-hybridized carbons (Fsp3) is 0. The molecule has 4 rings (SSSR count). The standard InChI is InChI=1S/C20H14ClN3O/c21-16-8-6-14(7-9-16)19-11-10-17(25-19)13-23-24-18-5-1-3-15-4-2-12-22-20(15)18/h1-13,24H/b23-13-. The smallest absolute Gasteiger partial charge is 0.147 e. The third-order valence-electron chi connectivity index (χ3n) is 3.77. The molecule has 0 fully saturated rings. The van der Waals surface area contributed by atoms with Crippen LogP contribution in [0.5, 0.6) is 0 Å². The molecule has 0 aliphatic rings. The van der Waals surface area contributed by atoms with E-state index >= 15 is 0 Å². The lowest BCUT2D eigenvalue weighted by atomic mass is 10.2. The number of para-hydroxylation sites is 1. The second-order valence-corrected chi connectivity index (χ2v) is 5.90. The van der Waals surface area contributed by atoms with E-state index in [1.807, 2.05) is 66.7 Å². The van der Waals surface area contributed by atoms with Gasteiger partial charge in [0, 0.05) is 22.2 Å². The Labute approximate surface area is 149 Å². The molecule has 0 spiro atoms. The Kier molecular flexibility index (Phi) is 4.19. The minimum atomic E-state index is 0.658. The molecule has 0 aliphatic heterocycles. The highest BCUT2D eigenvalue weighted by molar-refractivity contribution is 6.30. The van der Waals surface area contributed by atoms with Crippen molar-refractivity contribution in [1.82, 2.24) is 4.98 Å². The third kappa shape index (κ3) is 3.39. The molecule has 5 heteroatoms. The van der Waals surface area contributed by atoms with Gasteiger partial charge in [-0.2, -0.15) is 5.10 Å². The summed E-state index contributed by atoms with van der Waals surface area (Å²) >= 11 is 5.91. The SMILES string of the molecule is Clc1ccc(-c2ccc(/C=N\Nc3cccc4cccnc34)o2)cc1. The average molecular weight is 348 g/mol. The van der Waals surface area contributed by atoms with Gasteiger partial charge >= 0.3 is 0 Å². The van der Waals surface area contributed by atoms with Crippen LogP contribution in [0.1, 0.15) is 5.76 Å². The van der Waals surface area contributed by atoms with Crippen molar-refractivity contribution in [2.45, 2.75) is 0 Å². The Morgan fingerprint density at radius 3 is 2.68 bits per heavy atom. The van der Waals surface area contributed by atoms with E-state index in [1.165, 1.54) is 0 Å². The van der Waals surface area contributed by atoms with E-state index in [9.17, 15) is 0 Å². The van der Waals surface area contributed by atoms with Gasteiger partial charge in [-0.05, 0) is 48.5 Å². The fourth-order valence-electron chi connectivity index (χ4n) is 2.55. The molecule has 4 aromatic rings. The molecule has 2 aromatic carbocycles. The summed E-state index contributed by atoms with van der Waals surface area (Å²) in [6.07, 6.45) is 3.41. The van der Waals surface area contributed by atoms with Gasteiger partial charge in [0.05, 0.1) is 17.4 Å². The van der Waals surface area contributed by atoms with Crippen LogP contribution in [0.15, 0.2) is 82.4 Å². The number of nitrogens with one attached hydrogen (secondary N) is 1. The minimum Gasteiger partial charge on any atom is -0.455 e. The Morgan fingerprint density at radius 1 is 0.960 bits per heavy atom. The molecule has 0 aliphatic carbocycles. The number of hydrazone groups is 1. The highest BCUT2D eigenvalue weighted by Gasteiger charge is 2.04. The molecule has 25 heavy (non-hydrogen) atoms. The molecule has 0 saturated heterocycles. The van der Waals surface area contributed by atoms with Gasteiger partial charge in [0.15, 0.2) is 0 Å². The zero-order chi connectivity index (χ0) is 17.1. The zero-order valence-corrected chi connectivity index (χ0v) is 13.9. The van der Waals surface area contributed by atoms with E-state index in [2.05, 4.69) is 15.5 Å². The fourth-order valence-corrected chi connectivity index (χ4v) is 2.68. The van der Waals surface area contributed by atoms with Crippen molar-refractivity contribution < 1.29 is 4.42 Å². The Balaban J connectivity index is 1.51. The number of hydrogen-bond acceptors (Lipinski definition) is 4. The maximum atomic E-state index is 5.91. The summed E-state index contributed by atoms with van der Waals surface area (Å²) in [6.45, 7) is 0. The van der Waals surface area contributed by atoms with Crippen molar-refractivity contribution >= 4 is 34.4 Å². The van der Waals surface area contributed by atoms with Crippen LogP contribution in [-0.4, -0.2) is 11.2 Å². The maximum absolute atomic E-state index is 5.91. The number of anilines is 1. The molecule has 0 radical (unpaired) electrons. The summed E-state index contributed by atoms with van der Waals surface area (Å²) in [7, 11) is 0. The molecule has 0 unspecified atom stereocenters. The lowest BCUT2D eigenvalue weighted by Gasteiger charge is -2.03. The second-order valence-electron chi connectivity index (χ2n) is 5.46. The number of furan rings is 1. The summed E-state index contributed by atoms with van der Waals surface area (Å²) in [6, 6.07) is 21.1. The molecule has 0 atom stereocenters. The number of halogens is 1. The molecule has 4 nitrogen and oxygen atoms in total. The van der Waals surface area contributed by atoms with Gasteiger partial charge in [0.2, 0.25) is 0 Å². The van der Waals surface area contributed by atoms with Gasteiger partial charge in [-0.3, -0.25) is 10.4 Å². The first kappa shape index (κ1) is 15.4. The summed E-state index contributed by atoms with van der Waals surface area (Å²) in [5.74, 6) is 1.43. The van der Waals surface area contributed by atoms with Gasteiger partial charge < -0.3 is 4.42 Å². The monoisotopic (exact) mass is 347 g/mol. The van der Waals surface area contributed by atoms with Crippen molar-refractivity contribution in [3.8, 4) is 11.3 Å². The van der Waals surface area contributed by atoms with E-state index in [1.54, 1.807) is 12.4 Å². The topological polar surface area (TPSA) is 50.4 Å². The number of aromatic nitrogens is 1. The summed E-state index contributed by atoms with van der Waals surface area (Å²) < 4.78 is 5.79. The van der Waals surface area contributed by atoms with Crippen LogP contribution in [0, 0.1) is 0 Å². The van der Waals surface area contributed by atoms with Crippen LogP contribution in [0.25, 0.3) is 22.2 Å². The molecule has 1 N–H and O–H groups in total. The summed E-state index contributed by atoms with van der Waals surface area (Å²) in [4.78, 5) is 4.39. The summed E-state index contributed by atoms with van der Waals surface area (Å²) in [5, 5.41) is 6.01. The quantitative estimate of drug-likeness (QED) is 0.386. The lowest BCUT2D eigenvalue weighted by Crippen LogP contribution is -1.92. The van der Waals surface area contributed by atoms with Crippen LogP contribution in [-0.2, 0) is 0 Å². The van der Waals surface area contributed by atoms with Crippen LogP contribution >= 0.6 is 11.6 Å². The predicted molar refractivity (Wildman–Crippen MR) is 102 cm³/mol. The van der Waals surface area contributed by atoms with E-state index in [0.29, 0.717) is 10.8 Å². The first-order valence-electron chi connectivity index (χ1n) is 7.78.